The first-order chi connectivity index (χ1) is 8.93. The van der Waals surface area contributed by atoms with Crippen LogP contribution in [0.4, 0.5) is 4.79 Å². The molecule has 1 aromatic heterocycles. The Kier molecular flexibility index (Phi) is 5.75. The molecule has 0 aromatic carbocycles. The largest absolute Gasteiger partial charge is 0.396 e. The summed E-state index contributed by atoms with van der Waals surface area (Å²) in [6, 6.07) is -0.260. The second-order valence-corrected chi connectivity index (χ2v) is 5.26. The minimum atomic E-state index is -0.260. The lowest BCUT2D eigenvalue weighted by Gasteiger charge is -2.21. The molecular weight excluding hydrogens is 248 g/mol. The summed E-state index contributed by atoms with van der Waals surface area (Å²) in [5.74, 6) is 0.928. The Morgan fingerprint density at radius 3 is 2.74 bits per heavy atom. The van der Waals surface area contributed by atoms with Crippen LogP contribution in [0, 0.1) is 12.3 Å². The fourth-order valence-electron chi connectivity index (χ4n) is 1.48. The van der Waals surface area contributed by atoms with E-state index in [0.717, 1.165) is 12.8 Å². The van der Waals surface area contributed by atoms with Gasteiger partial charge in [-0.3, -0.25) is 0 Å². The van der Waals surface area contributed by atoms with Gasteiger partial charge in [-0.1, -0.05) is 19.0 Å². The van der Waals surface area contributed by atoms with Crippen molar-refractivity contribution in [3.05, 3.63) is 11.7 Å². The molecule has 0 aliphatic carbocycles. The quantitative estimate of drug-likeness (QED) is 0.641. The average Bonchev–Trinajstić information content (AvgIpc) is 2.78. The summed E-state index contributed by atoms with van der Waals surface area (Å²) in [6.07, 6.45) is 1.68. The maximum absolute atomic E-state index is 11.5. The number of amides is 2. The Morgan fingerprint density at radius 2 is 2.16 bits per heavy atom. The molecule has 7 nitrogen and oxygen atoms in total. The van der Waals surface area contributed by atoms with Crippen molar-refractivity contribution in [1.29, 1.82) is 0 Å². The molecule has 108 valence electrons. The van der Waals surface area contributed by atoms with Crippen LogP contribution in [-0.4, -0.2) is 34.4 Å². The fraction of sp³-hybridized carbons (Fsp3) is 0.750. The molecule has 0 aliphatic rings. The monoisotopic (exact) mass is 270 g/mol. The maximum Gasteiger partial charge on any atom is 0.315 e. The van der Waals surface area contributed by atoms with Gasteiger partial charge in [-0.05, 0) is 18.3 Å². The molecule has 0 saturated carbocycles. The van der Waals surface area contributed by atoms with Gasteiger partial charge < -0.3 is 20.3 Å². The maximum atomic E-state index is 11.5. The zero-order valence-electron chi connectivity index (χ0n) is 11.7. The van der Waals surface area contributed by atoms with Crippen molar-refractivity contribution in [1.82, 2.24) is 20.8 Å². The van der Waals surface area contributed by atoms with E-state index in [4.69, 9.17) is 9.63 Å². The van der Waals surface area contributed by atoms with Crippen LogP contribution in [0.3, 0.4) is 0 Å². The Balaban J connectivity index is 2.11. The third-order valence-electron chi connectivity index (χ3n) is 2.72. The van der Waals surface area contributed by atoms with E-state index in [1.165, 1.54) is 0 Å². The Hall–Kier alpha value is -1.63. The highest BCUT2D eigenvalue weighted by atomic mass is 16.5. The van der Waals surface area contributed by atoms with Crippen molar-refractivity contribution >= 4 is 6.03 Å². The van der Waals surface area contributed by atoms with Gasteiger partial charge in [-0.25, -0.2) is 4.79 Å². The first-order valence-electron chi connectivity index (χ1n) is 6.35. The van der Waals surface area contributed by atoms with E-state index < -0.39 is 0 Å². The minimum absolute atomic E-state index is 0.0969. The van der Waals surface area contributed by atoms with E-state index >= 15 is 0 Å². The second kappa shape index (κ2) is 7.08. The van der Waals surface area contributed by atoms with E-state index in [0.29, 0.717) is 18.3 Å². The second-order valence-electron chi connectivity index (χ2n) is 5.26. The van der Waals surface area contributed by atoms with Crippen LogP contribution >= 0.6 is 0 Å². The van der Waals surface area contributed by atoms with Crippen LogP contribution in [0.1, 0.15) is 38.4 Å². The van der Waals surface area contributed by atoms with E-state index in [-0.39, 0.29) is 24.6 Å². The molecule has 19 heavy (non-hydrogen) atoms. The summed E-state index contributed by atoms with van der Waals surface area (Å²) >= 11 is 0. The van der Waals surface area contributed by atoms with Gasteiger partial charge in [0.2, 0.25) is 5.89 Å². The van der Waals surface area contributed by atoms with Gasteiger partial charge in [-0.2, -0.15) is 4.98 Å². The molecule has 0 spiro atoms. The number of nitrogens with one attached hydrogen (secondary N) is 2. The summed E-state index contributed by atoms with van der Waals surface area (Å²) in [4.78, 5) is 15.4. The normalized spacial score (nSPS) is 11.4. The number of nitrogens with zero attached hydrogens (tertiary/aromatic N) is 2. The van der Waals surface area contributed by atoms with Crippen LogP contribution in [0.5, 0.6) is 0 Å². The predicted molar refractivity (Wildman–Crippen MR) is 69.4 cm³/mol. The number of aliphatic hydroxyl groups excluding tert-OH is 1. The molecule has 1 heterocycles. The van der Waals surface area contributed by atoms with Crippen LogP contribution in [-0.2, 0) is 6.54 Å². The van der Waals surface area contributed by atoms with Crippen molar-refractivity contribution < 1.29 is 14.4 Å². The molecule has 0 atom stereocenters. The lowest BCUT2D eigenvalue weighted by Crippen LogP contribution is -2.36. The van der Waals surface area contributed by atoms with Crippen molar-refractivity contribution in [3.63, 3.8) is 0 Å². The number of urea groups is 1. The molecule has 7 heteroatoms. The number of hydrogen-bond acceptors (Lipinski definition) is 5. The third-order valence-corrected chi connectivity index (χ3v) is 2.72. The zero-order valence-corrected chi connectivity index (χ0v) is 11.7. The van der Waals surface area contributed by atoms with Crippen LogP contribution < -0.4 is 10.6 Å². The Bertz CT molecular complexity index is 403. The van der Waals surface area contributed by atoms with Gasteiger partial charge in [0.05, 0.1) is 6.54 Å². The van der Waals surface area contributed by atoms with Crippen molar-refractivity contribution in [2.45, 2.75) is 40.2 Å². The van der Waals surface area contributed by atoms with Gasteiger partial charge in [-0.15, -0.1) is 0 Å². The molecule has 0 aliphatic heterocycles. The van der Waals surface area contributed by atoms with Gasteiger partial charge in [0, 0.05) is 20.1 Å². The molecule has 1 aromatic rings. The summed E-state index contributed by atoms with van der Waals surface area (Å²) in [5.41, 5.74) is -0.0969. The lowest BCUT2D eigenvalue weighted by atomic mass is 9.89. The number of carbonyl (C=O) groups excluding carboxylic acids is 1. The average molecular weight is 270 g/mol. The molecule has 0 unspecified atom stereocenters. The van der Waals surface area contributed by atoms with E-state index in [1.54, 1.807) is 6.92 Å². The van der Waals surface area contributed by atoms with E-state index in [1.807, 2.05) is 13.8 Å². The molecule has 3 N–H and O–H groups in total. The van der Waals surface area contributed by atoms with Gasteiger partial charge in [0.15, 0.2) is 5.82 Å². The highest BCUT2D eigenvalue weighted by molar-refractivity contribution is 5.73. The topological polar surface area (TPSA) is 100 Å². The van der Waals surface area contributed by atoms with Crippen LogP contribution in [0.25, 0.3) is 0 Å². The first-order valence-corrected chi connectivity index (χ1v) is 6.35. The molecule has 1 rings (SSSR count). The van der Waals surface area contributed by atoms with E-state index in [9.17, 15) is 4.79 Å². The van der Waals surface area contributed by atoms with Crippen molar-refractivity contribution in [3.8, 4) is 0 Å². The molecule has 2 amide bonds. The molecule has 0 radical (unpaired) electrons. The van der Waals surface area contributed by atoms with E-state index in [2.05, 4.69) is 20.8 Å². The number of hydrogen-bond donors (Lipinski definition) is 3. The van der Waals surface area contributed by atoms with Gasteiger partial charge >= 0.3 is 6.03 Å². The predicted octanol–water partition coefficient (Wildman–Crippen LogP) is 0.976. The number of carbonyl (C=O) groups is 1. The van der Waals surface area contributed by atoms with Gasteiger partial charge in [0.25, 0.3) is 0 Å². The molecule has 0 bridgehead atoms. The molecular formula is C12H22N4O3. The first kappa shape index (κ1) is 15.4. The molecule has 0 fully saturated rings. The van der Waals surface area contributed by atoms with Crippen molar-refractivity contribution in [2.75, 3.05) is 13.2 Å². The minimum Gasteiger partial charge on any atom is -0.396 e. The molecule has 0 saturated heterocycles. The highest BCUT2D eigenvalue weighted by Gasteiger charge is 2.15. The summed E-state index contributed by atoms with van der Waals surface area (Å²) in [6.45, 7) is 6.64. The fourth-order valence-corrected chi connectivity index (χ4v) is 1.48. The van der Waals surface area contributed by atoms with Crippen LogP contribution in [0.2, 0.25) is 0 Å². The SMILES string of the molecule is Cc1nc(CNC(=O)NCCCC(C)(C)CO)no1. The van der Waals surface area contributed by atoms with Crippen molar-refractivity contribution in [2.24, 2.45) is 5.41 Å². The number of aliphatic hydroxyl groups is 1. The standard InChI is InChI=1S/C12H22N4O3/c1-9-15-10(16-19-9)7-14-11(18)13-6-4-5-12(2,3)8-17/h17H,4-8H2,1-3H3,(H2,13,14,18). The Labute approximate surface area is 112 Å². The van der Waals surface area contributed by atoms with Gasteiger partial charge in [0.1, 0.15) is 0 Å². The lowest BCUT2D eigenvalue weighted by molar-refractivity contribution is 0.148. The summed E-state index contributed by atoms with van der Waals surface area (Å²) in [5, 5.41) is 18.1. The highest BCUT2D eigenvalue weighted by Crippen LogP contribution is 2.20. The van der Waals surface area contributed by atoms with Crippen LogP contribution in [0.15, 0.2) is 4.52 Å². The number of rotatable bonds is 7. The summed E-state index contributed by atoms with van der Waals surface area (Å²) < 4.78 is 4.79. The zero-order chi connectivity index (χ0) is 14.3. The Morgan fingerprint density at radius 1 is 1.42 bits per heavy atom. The number of aryl methyl sites for hydroxylation is 1. The smallest absolute Gasteiger partial charge is 0.315 e. The number of aromatic nitrogens is 2. The third kappa shape index (κ3) is 6.19. The summed E-state index contributed by atoms with van der Waals surface area (Å²) in [7, 11) is 0.